The number of pyridine rings is 1. The second kappa shape index (κ2) is 6.01. The predicted molar refractivity (Wildman–Crippen MR) is 78.8 cm³/mol. The fourth-order valence-corrected chi connectivity index (χ4v) is 1.92. The molecule has 2 aromatic rings. The van der Waals surface area contributed by atoms with E-state index in [1.165, 1.54) is 17.7 Å². The molecule has 1 N–H and O–H groups in total. The lowest BCUT2D eigenvalue weighted by Crippen LogP contribution is -2.09. The molecule has 1 aromatic heterocycles. The summed E-state index contributed by atoms with van der Waals surface area (Å²) in [7, 11) is 0. The van der Waals surface area contributed by atoms with Gasteiger partial charge < -0.3 is 5.32 Å². The molecule has 0 radical (unpaired) electrons. The molecule has 0 amide bonds. The lowest BCUT2D eigenvalue weighted by atomic mass is 10.1. The molecular weight excluding hydrogens is 268 g/mol. The molecule has 0 saturated carbocycles. The van der Waals surface area contributed by atoms with Crippen molar-refractivity contribution in [2.75, 3.05) is 5.32 Å². The van der Waals surface area contributed by atoms with E-state index in [0.717, 1.165) is 5.56 Å². The van der Waals surface area contributed by atoms with Crippen LogP contribution in [-0.4, -0.2) is 9.91 Å². The number of anilines is 1. The highest BCUT2D eigenvalue weighted by atomic mass is 16.6. The number of nitro groups is 1. The molecule has 0 aliphatic carbocycles. The third kappa shape index (κ3) is 3.34. The fraction of sp³-hybridized carbons (Fsp3) is 0.200. The first kappa shape index (κ1) is 14.5. The molecule has 21 heavy (non-hydrogen) atoms. The van der Waals surface area contributed by atoms with Crippen LogP contribution in [0.4, 0.5) is 11.5 Å². The van der Waals surface area contributed by atoms with E-state index < -0.39 is 4.92 Å². The molecule has 0 bridgehead atoms. The van der Waals surface area contributed by atoms with Crippen molar-refractivity contribution < 1.29 is 4.92 Å². The van der Waals surface area contributed by atoms with E-state index in [1.54, 1.807) is 6.07 Å². The van der Waals surface area contributed by atoms with Crippen LogP contribution in [-0.2, 0) is 0 Å². The summed E-state index contributed by atoms with van der Waals surface area (Å²) in [6.45, 7) is 3.97. The van der Waals surface area contributed by atoms with Gasteiger partial charge in [-0.2, -0.15) is 5.26 Å². The first-order valence-electron chi connectivity index (χ1n) is 6.40. The number of benzene rings is 1. The van der Waals surface area contributed by atoms with Crippen molar-refractivity contribution in [3.63, 3.8) is 0 Å². The second-order valence-electron chi connectivity index (χ2n) is 4.71. The number of nitrogens with zero attached hydrogens (tertiary/aromatic N) is 3. The van der Waals surface area contributed by atoms with Crippen LogP contribution in [0.1, 0.15) is 29.8 Å². The van der Waals surface area contributed by atoms with Crippen LogP contribution in [0, 0.1) is 28.4 Å². The zero-order valence-corrected chi connectivity index (χ0v) is 11.7. The van der Waals surface area contributed by atoms with Crippen LogP contribution < -0.4 is 5.32 Å². The van der Waals surface area contributed by atoms with Crippen molar-refractivity contribution in [2.45, 2.75) is 19.9 Å². The van der Waals surface area contributed by atoms with Crippen LogP contribution in [0.15, 0.2) is 36.4 Å². The first-order chi connectivity index (χ1) is 10.0. The van der Waals surface area contributed by atoms with Crippen molar-refractivity contribution in [1.29, 1.82) is 5.26 Å². The standard InChI is InChI=1S/C15H14N4O2/c1-10-3-5-12(6-4-10)11(2)17-15-8-7-14(19(20)21)13(9-16)18-15/h3-8,11H,1-2H3,(H,17,18). The van der Waals surface area contributed by atoms with Gasteiger partial charge in [-0.25, -0.2) is 4.98 Å². The number of aromatic nitrogens is 1. The Morgan fingerprint density at radius 1 is 1.29 bits per heavy atom. The van der Waals surface area contributed by atoms with Crippen LogP contribution in [0.5, 0.6) is 0 Å². The Morgan fingerprint density at radius 2 is 1.95 bits per heavy atom. The number of aryl methyl sites for hydroxylation is 1. The number of hydrogen-bond acceptors (Lipinski definition) is 5. The number of rotatable bonds is 4. The Bertz CT molecular complexity index is 705. The zero-order chi connectivity index (χ0) is 15.4. The van der Waals surface area contributed by atoms with Gasteiger partial charge in [0.2, 0.25) is 5.69 Å². The highest BCUT2D eigenvalue weighted by Crippen LogP contribution is 2.22. The molecule has 1 aromatic carbocycles. The Morgan fingerprint density at radius 3 is 2.52 bits per heavy atom. The lowest BCUT2D eigenvalue weighted by Gasteiger charge is -2.15. The van der Waals surface area contributed by atoms with Gasteiger partial charge in [-0.3, -0.25) is 10.1 Å². The molecule has 0 fully saturated rings. The minimum absolute atomic E-state index is 0.0221. The molecule has 0 aliphatic rings. The van der Waals surface area contributed by atoms with Crippen molar-refractivity contribution in [1.82, 2.24) is 4.98 Å². The number of nitrogens with one attached hydrogen (secondary N) is 1. The van der Waals surface area contributed by atoms with Gasteiger partial charge in [0, 0.05) is 12.1 Å². The zero-order valence-electron chi connectivity index (χ0n) is 11.7. The monoisotopic (exact) mass is 282 g/mol. The molecule has 1 atom stereocenters. The summed E-state index contributed by atoms with van der Waals surface area (Å²) in [5, 5.41) is 22.8. The largest absolute Gasteiger partial charge is 0.364 e. The summed E-state index contributed by atoms with van der Waals surface area (Å²) in [4.78, 5) is 14.1. The highest BCUT2D eigenvalue weighted by Gasteiger charge is 2.16. The molecule has 6 heteroatoms. The van der Waals surface area contributed by atoms with Crippen molar-refractivity contribution in [2.24, 2.45) is 0 Å². The van der Waals surface area contributed by atoms with Gasteiger partial charge in [0.15, 0.2) is 0 Å². The van der Waals surface area contributed by atoms with E-state index in [2.05, 4.69) is 10.3 Å². The van der Waals surface area contributed by atoms with Gasteiger partial charge in [0.1, 0.15) is 11.9 Å². The van der Waals surface area contributed by atoms with E-state index in [1.807, 2.05) is 38.1 Å². The summed E-state index contributed by atoms with van der Waals surface area (Å²) in [6.07, 6.45) is 0. The SMILES string of the molecule is Cc1ccc(C(C)Nc2ccc([N+](=O)[O-])c(C#N)n2)cc1. The van der Waals surface area contributed by atoms with E-state index in [0.29, 0.717) is 5.82 Å². The van der Waals surface area contributed by atoms with Gasteiger partial charge in [-0.1, -0.05) is 29.8 Å². The van der Waals surface area contributed by atoms with Gasteiger partial charge >= 0.3 is 5.69 Å². The van der Waals surface area contributed by atoms with Gasteiger partial charge in [0.05, 0.1) is 4.92 Å². The lowest BCUT2D eigenvalue weighted by molar-refractivity contribution is -0.385. The third-order valence-electron chi connectivity index (χ3n) is 3.12. The third-order valence-corrected chi connectivity index (χ3v) is 3.12. The molecular formula is C15H14N4O2. The predicted octanol–water partition coefficient (Wildman–Crippen LogP) is 3.34. The molecule has 106 valence electrons. The minimum atomic E-state index is -0.612. The Hall–Kier alpha value is -2.94. The van der Waals surface area contributed by atoms with E-state index in [-0.39, 0.29) is 17.4 Å². The summed E-state index contributed by atoms with van der Waals surface area (Å²) in [5.74, 6) is 0.435. The van der Waals surface area contributed by atoms with Crippen molar-refractivity contribution in [3.8, 4) is 6.07 Å². The van der Waals surface area contributed by atoms with E-state index >= 15 is 0 Å². The van der Waals surface area contributed by atoms with Crippen molar-refractivity contribution >= 4 is 11.5 Å². The van der Waals surface area contributed by atoms with Crippen LogP contribution >= 0.6 is 0 Å². The van der Waals surface area contributed by atoms with Gasteiger partial charge in [-0.15, -0.1) is 0 Å². The number of nitriles is 1. The topological polar surface area (TPSA) is 91.9 Å². The van der Waals surface area contributed by atoms with E-state index in [4.69, 9.17) is 5.26 Å². The Balaban J connectivity index is 2.22. The maximum Gasteiger partial charge on any atom is 0.305 e. The average molecular weight is 282 g/mol. The molecule has 1 heterocycles. The maximum absolute atomic E-state index is 10.8. The molecule has 1 unspecified atom stereocenters. The van der Waals surface area contributed by atoms with Gasteiger partial charge in [0.25, 0.3) is 0 Å². The normalized spacial score (nSPS) is 11.5. The molecule has 2 rings (SSSR count). The second-order valence-corrected chi connectivity index (χ2v) is 4.71. The Kier molecular flexibility index (Phi) is 4.14. The van der Waals surface area contributed by atoms with Crippen LogP contribution in [0.2, 0.25) is 0 Å². The summed E-state index contributed by atoms with van der Waals surface area (Å²) in [6, 6.07) is 12.5. The van der Waals surface area contributed by atoms with Crippen molar-refractivity contribution in [3.05, 3.63) is 63.3 Å². The van der Waals surface area contributed by atoms with E-state index in [9.17, 15) is 10.1 Å². The molecule has 0 aliphatic heterocycles. The number of hydrogen-bond donors (Lipinski definition) is 1. The first-order valence-corrected chi connectivity index (χ1v) is 6.40. The molecule has 6 nitrogen and oxygen atoms in total. The Labute approximate surface area is 122 Å². The molecule has 0 spiro atoms. The van der Waals surface area contributed by atoms with Crippen LogP contribution in [0.25, 0.3) is 0 Å². The fourth-order valence-electron chi connectivity index (χ4n) is 1.92. The smallest absolute Gasteiger partial charge is 0.305 e. The van der Waals surface area contributed by atoms with Gasteiger partial charge in [-0.05, 0) is 25.5 Å². The average Bonchev–Trinajstić information content (AvgIpc) is 2.47. The minimum Gasteiger partial charge on any atom is -0.364 e. The van der Waals surface area contributed by atoms with Crippen LogP contribution in [0.3, 0.4) is 0 Å². The summed E-state index contributed by atoms with van der Waals surface area (Å²) >= 11 is 0. The highest BCUT2D eigenvalue weighted by molar-refractivity contribution is 5.51. The summed E-state index contributed by atoms with van der Waals surface area (Å²) < 4.78 is 0. The molecule has 0 saturated heterocycles. The quantitative estimate of drug-likeness (QED) is 0.685. The maximum atomic E-state index is 10.8. The summed E-state index contributed by atoms with van der Waals surface area (Å²) in [5.41, 5.74) is 1.76.